The average molecular weight is 458 g/mol. The maximum absolute atomic E-state index is 12.9. The molecule has 6 unspecified atom stereocenters. The Morgan fingerprint density at radius 1 is 1.35 bits per heavy atom. The molecule has 8 heteroatoms. The number of rotatable bonds is 3. The first-order valence-corrected chi connectivity index (χ1v) is 12.9. The standard InChI is InChI=1S/C23H27N3O3S2/c1-11-13-7-8-23(3)10-15-17(12(2)16(23)18(13)29-21(11)28)25-22(31-15)26-19(27)14-6-5-9-24-20(14)30-4/h5-6,9,11-13,16,18H,7-8,10H2,1-4H3,(H,25,26,27). The molecule has 0 radical (unpaired) electrons. The molecule has 3 aliphatic rings. The van der Waals surface area contributed by atoms with Gasteiger partial charge in [-0.2, -0.15) is 0 Å². The number of esters is 1. The van der Waals surface area contributed by atoms with Crippen LogP contribution in [0.2, 0.25) is 0 Å². The van der Waals surface area contributed by atoms with Crippen molar-refractivity contribution in [1.29, 1.82) is 0 Å². The van der Waals surface area contributed by atoms with Gasteiger partial charge in [0.25, 0.3) is 5.91 Å². The Hall–Kier alpha value is -1.93. The number of thiazole rings is 1. The number of aromatic nitrogens is 2. The van der Waals surface area contributed by atoms with Gasteiger partial charge in [-0.05, 0) is 43.1 Å². The largest absolute Gasteiger partial charge is 0.461 e. The third kappa shape index (κ3) is 3.30. The second kappa shape index (κ2) is 7.59. The van der Waals surface area contributed by atoms with Crippen LogP contribution in [0.15, 0.2) is 23.4 Å². The lowest BCUT2D eigenvalue weighted by Gasteiger charge is -2.51. The van der Waals surface area contributed by atoms with Crippen LogP contribution >= 0.6 is 23.1 Å². The van der Waals surface area contributed by atoms with Gasteiger partial charge in [0.1, 0.15) is 11.1 Å². The van der Waals surface area contributed by atoms with E-state index in [0.717, 1.165) is 25.0 Å². The summed E-state index contributed by atoms with van der Waals surface area (Å²) in [5, 5.41) is 4.33. The van der Waals surface area contributed by atoms with E-state index in [-0.39, 0.29) is 41.1 Å². The number of ether oxygens (including phenoxy) is 1. The molecule has 6 nitrogen and oxygen atoms in total. The van der Waals surface area contributed by atoms with Gasteiger partial charge in [-0.15, -0.1) is 23.1 Å². The fourth-order valence-electron chi connectivity index (χ4n) is 6.02. The minimum absolute atomic E-state index is 0.0152. The lowest BCUT2D eigenvalue weighted by atomic mass is 9.54. The molecule has 0 aromatic carbocycles. The average Bonchev–Trinajstić information content (AvgIpc) is 3.27. The van der Waals surface area contributed by atoms with E-state index in [0.29, 0.717) is 21.6 Å². The van der Waals surface area contributed by atoms with Crippen LogP contribution in [-0.4, -0.2) is 34.2 Å². The number of thioether (sulfide) groups is 1. The number of carbonyl (C=O) groups is 2. The smallest absolute Gasteiger partial charge is 0.309 e. The van der Waals surface area contributed by atoms with Crippen LogP contribution in [0.5, 0.6) is 0 Å². The van der Waals surface area contributed by atoms with Gasteiger partial charge in [-0.1, -0.05) is 20.8 Å². The first-order valence-electron chi connectivity index (χ1n) is 10.8. The van der Waals surface area contributed by atoms with Gasteiger partial charge in [0.05, 0.1) is 17.2 Å². The Morgan fingerprint density at radius 2 is 2.16 bits per heavy atom. The summed E-state index contributed by atoms with van der Waals surface area (Å²) < 4.78 is 5.91. The predicted octanol–water partition coefficient (Wildman–Crippen LogP) is 4.77. The zero-order chi connectivity index (χ0) is 21.9. The molecular formula is C23H27N3O3S2. The quantitative estimate of drug-likeness (QED) is 0.528. The van der Waals surface area contributed by atoms with Crippen LogP contribution in [0.3, 0.4) is 0 Å². The molecule has 3 heterocycles. The molecule has 6 atom stereocenters. The second-order valence-corrected chi connectivity index (χ2v) is 11.3. The summed E-state index contributed by atoms with van der Waals surface area (Å²) >= 11 is 3.03. The number of anilines is 1. The van der Waals surface area contributed by atoms with E-state index in [2.05, 4.69) is 24.1 Å². The van der Waals surface area contributed by atoms with E-state index in [9.17, 15) is 9.59 Å². The normalized spacial score (nSPS) is 33.8. The molecule has 5 rings (SSSR count). The molecule has 1 N–H and O–H groups in total. The maximum atomic E-state index is 12.9. The van der Waals surface area contributed by atoms with Crippen molar-refractivity contribution in [2.45, 2.75) is 57.1 Å². The van der Waals surface area contributed by atoms with E-state index in [1.165, 1.54) is 16.6 Å². The summed E-state index contributed by atoms with van der Waals surface area (Å²) in [7, 11) is 0. The highest BCUT2D eigenvalue weighted by molar-refractivity contribution is 7.98. The summed E-state index contributed by atoms with van der Waals surface area (Å²) in [6.45, 7) is 6.55. The molecule has 2 fully saturated rings. The van der Waals surface area contributed by atoms with E-state index in [4.69, 9.17) is 9.72 Å². The number of nitrogens with one attached hydrogen (secondary N) is 1. The summed E-state index contributed by atoms with van der Waals surface area (Å²) in [5.41, 5.74) is 1.70. The van der Waals surface area contributed by atoms with Gasteiger partial charge in [0, 0.05) is 28.8 Å². The minimum Gasteiger partial charge on any atom is -0.461 e. The van der Waals surface area contributed by atoms with Crippen molar-refractivity contribution in [3.8, 4) is 0 Å². The molecule has 1 amide bonds. The number of carbonyl (C=O) groups excluding carboxylic acids is 2. The van der Waals surface area contributed by atoms with Crippen LogP contribution in [-0.2, 0) is 16.0 Å². The van der Waals surface area contributed by atoms with Crippen molar-refractivity contribution in [2.75, 3.05) is 11.6 Å². The van der Waals surface area contributed by atoms with Crippen LogP contribution in [0.4, 0.5) is 5.13 Å². The van der Waals surface area contributed by atoms with Crippen molar-refractivity contribution >= 4 is 40.1 Å². The van der Waals surface area contributed by atoms with Crippen LogP contribution in [0.1, 0.15) is 60.5 Å². The number of hydrogen-bond acceptors (Lipinski definition) is 7. The van der Waals surface area contributed by atoms with Crippen molar-refractivity contribution in [3.05, 3.63) is 34.5 Å². The molecular weight excluding hydrogens is 430 g/mol. The Kier molecular flexibility index (Phi) is 5.13. The minimum atomic E-state index is -0.182. The summed E-state index contributed by atoms with van der Waals surface area (Å²) in [5.74, 6) is 0.505. The SMILES string of the molecule is CSc1ncccc1C(=O)Nc1nc2c(s1)CC1(C)CCC3C(C)C(=O)OC3C1C2C. The van der Waals surface area contributed by atoms with Crippen LogP contribution < -0.4 is 5.32 Å². The molecule has 1 aliphatic heterocycles. The van der Waals surface area contributed by atoms with E-state index >= 15 is 0 Å². The van der Waals surface area contributed by atoms with Gasteiger partial charge >= 0.3 is 5.97 Å². The Bertz CT molecular complexity index is 1050. The topological polar surface area (TPSA) is 81.2 Å². The van der Waals surface area contributed by atoms with E-state index in [1.54, 1.807) is 29.7 Å². The van der Waals surface area contributed by atoms with Crippen molar-refractivity contribution in [1.82, 2.24) is 9.97 Å². The Labute approximate surface area is 190 Å². The number of hydrogen-bond donors (Lipinski definition) is 1. The molecule has 2 aliphatic carbocycles. The molecule has 1 saturated carbocycles. The van der Waals surface area contributed by atoms with Crippen LogP contribution in [0.25, 0.3) is 0 Å². The lowest BCUT2D eigenvalue weighted by Crippen LogP contribution is -2.50. The third-order valence-electron chi connectivity index (χ3n) is 7.59. The molecule has 2 aromatic rings. The first-order chi connectivity index (χ1) is 14.8. The highest BCUT2D eigenvalue weighted by Gasteiger charge is 2.58. The second-order valence-electron chi connectivity index (χ2n) is 9.38. The van der Waals surface area contributed by atoms with E-state index < -0.39 is 0 Å². The highest BCUT2D eigenvalue weighted by Crippen LogP contribution is 2.59. The van der Waals surface area contributed by atoms with Crippen LogP contribution in [0, 0.1) is 23.2 Å². The van der Waals surface area contributed by atoms with Crippen molar-refractivity contribution in [2.24, 2.45) is 23.2 Å². The van der Waals surface area contributed by atoms with Crippen molar-refractivity contribution in [3.63, 3.8) is 0 Å². The van der Waals surface area contributed by atoms with Gasteiger partial charge in [-0.25, -0.2) is 9.97 Å². The Balaban J connectivity index is 1.43. The number of fused-ring (bicyclic) bond motifs is 4. The van der Waals surface area contributed by atoms with Gasteiger partial charge in [0.2, 0.25) is 0 Å². The highest BCUT2D eigenvalue weighted by atomic mass is 32.2. The summed E-state index contributed by atoms with van der Waals surface area (Å²) in [6.07, 6.45) is 6.63. The van der Waals surface area contributed by atoms with Gasteiger partial charge in [0.15, 0.2) is 5.13 Å². The van der Waals surface area contributed by atoms with Gasteiger partial charge in [-0.3, -0.25) is 14.9 Å². The number of pyridine rings is 1. The molecule has 31 heavy (non-hydrogen) atoms. The number of nitrogens with zero attached hydrogens (tertiary/aromatic N) is 2. The Morgan fingerprint density at radius 3 is 2.94 bits per heavy atom. The van der Waals surface area contributed by atoms with Gasteiger partial charge < -0.3 is 4.74 Å². The van der Waals surface area contributed by atoms with E-state index in [1.807, 2.05) is 13.2 Å². The predicted molar refractivity (Wildman–Crippen MR) is 122 cm³/mol. The molecule has 1 saturated heterocycles. The molecule has 164 valence electrons. The lowest BCUT2D eigenvalue weighted by molar-refractivity contribution is -0.149. The summed E-state index contributed by atoms with van der Waals surface area (Å²) in [4.78, 5) is 35.5. The maximum Gasteiger partial charge on any atom is 0.309 e. The first kappa shape index (κ1) is 20.9. The third-order valence-corrected chi connectivity index (χ3v) is 9.29. The molecule has 0 spiro atoms. The summed E-state index contributed by atoms with van der Waals surface area (Å²) in [6, 6.07) is 3.56. The zero-order valence-electron chi connectivity index (χ0n) is 18.2. The fraction of sp³-hybridized carbons (Fsp3) is 0.565. The fourth-order valence-corrected chi connectivity index (χ4v) is 7.83. The molecule has 2 aromatic heterocycles. The monoisotopic (exact) mass is 457 g/mol. The number of amides is 1. The van der Waals surface area contributed by atoms with Crippen molar-refractivity contribution < 1.29 is 14.3 Å². The zero-order valence-corrected chi connectivity index (χ0v) is 19.8. The molecule has 0 bridgehead atoms.